The predicted octanol–water partition coefficient (Wildman–Crippen LogP) is 2.35. The van der Waals surface area contributed by atoms with Crippen molar-refractivity contribution < 1.29 is 0 Å². The van der Waals surface area contributed by atoms with Gasteiger partial charge in [-0.3, -0.25) is 14.8 Å². The van der Waals surface area contributed by atoms with E-state index in [1.54, 1.807) is 0 Å². The third-order valence-corrected chi connectivity index (χ3v) is 5.89. The number of nitrogens with zero attached hydrogens (tertiary/aromatic N) is 6. The third kappa shape index (κ3) is 3.46. The summed E-state index contributed by atoms with van der Waals surface area (Å²) in [5.41, 5.74) is 1.35. The Morgan fingerprint density at radius 3 is 2.68 bits per heavy atom. The first-order chi connectivity index (χ1) is 12.1. The van der Waals surface area contributed by atoms with Crippen molar-refractivity contribution in [3.8, 4) is 0 Å². The molecule has 6 nitrogen and oxygen atoms in total. The number of pyridine rings is 1. The van der Waals surface area contributed by atoms with Gasteiger partial charge in [-0.15, -0.1) is 10.2 Å². The normalized spacial score (nSPS) is 22.6. The third-order valence-electron chi connectivity index (χ3n) is 5.89. The first-order valence-corrected chi connectivity index (χ1v) is 9.36. The van der Waals surface area contributed by atoms with Gasteiger partial charge in [0.2, 0.25) is 0 Å². The first kappa shape index (κ1) is 16.7. The van der Waals surface area contributed by atoms with Gasteiger partial charge in [0.05, 0.1) is 6.54 Å². The molecule has 0 bridgehead atoms. The zero-order valence-electron chi connectivity index (χ0n) is 15.5. The Hall–Kier alpha value is -1.79. The molecule has 1 saturated carbocycles. The van der Waals surface area contributed by atoms with Crippen LogP contribution in [0.15, 0.2) is 24.5 Å². The van der Waals surface area contributed by atoms with E-state index in [4.69, 9.17) is 0 Å². The maximum atomic E-state index is 4.44. The molecule has 0 N–H and O–H groups in total. The average molecular weight is 340 g/mol. The molecule has 0 radical (unpaired) electrons. The van der Waals surface area contributed by atoms with Crippen molar-refractivity contribution in [2.45, 2.75) is 50.7 Å². The number of rotatable bonds is 6. The Kier molecular flexibility index (Phi) is 4.56. The summed E-state index contributed by atoms with van der Waals surface area (Å²) in [6.45, 7) is 5.42. The molecule has 6 heteroatoms. The summed E-state index contributed by atoms with van der Waals surface area (Å²) in [5.74, 6) is 2.91. The molecular weight excluding hydrogens is 312 g/mol. The van der Waals surface area contributed by atoms with Crippen LogP contribution in [0.1, 0.15) is 55.4 Å². The Morgan fingerprint density at radius 1 is 1.20 bits per heavy atom. The zero-order chi connectivity index (χ0) is 17.4. The second-order valence-corrected chi connectivity index (χ2v) is 7.62. The van der Waals surface area contributed by atoms with Gasteiger partial charge >= 0.3 is 0 Å². The summed E-state index contributed by atoms with van der Waals surface area (Å²) < 4.78 is 2.21. The first-order valence-electron chi connectivity index (χ1n) is 9.36. The fourth-order valence-electron chi connectivity index (χ4n) is 3.89. The molecule has 2 atom stereocenters. The molecule has 4 rings (SSSR count). The smallest absolute Gasteiger partial charge is 0.146 e. The fraction of sp³-hybridized carbons (Fsp3) is 0.632. The molecule has 0 spiro atoms. The van der Waals surface area contributed by atoms with Crippen LogP contribution < -0.4 is 0 Å². The number of likely N-dealkylation sites (tertiary alicyclic amines) is 1. The van der Waals surface area contributed by atoms with Gasteiger partial charge in [-0.25, -0.2) is 0 Å². The van der Waals surface area contributed by atoms with Crippen LogP contribution in [0, 0.1) is 0 Å². The molecule has 1 aliphatic carbocycles. The monoisotopic (exact) mass is 340 g/mol. The van der Waals surface area contributed by atoms with Crippen LogP contribution >= 0.6 is 0 Å². The summed E-state index contributed by atoms with van der Waals surface area (Å²) in [6.07, 6.45) is 7.52. The van der Waals surface area contributed by atoms with Crippen LogP contribution in [-0.2, 0) is 13.6 Å². The molecule has 25 heavy (non-hydrogen) atoms. The average Bonchev–Trinajstić information content (AvgIpc) is 3.24. The SMILES string of the molecule is CC(c1ccncc1)N1CCC(N(C)Cc2nnc(C3CC3)n2C)C1. The van der Waals surface area contributed by atoms with Crippen molar-refractivity contribution in [3.05, 3.63) is 41.7 Å². The predicted molar refractivity (Wildman–Crippen MR) is 97.1 cm³/mol. The van der Waals surface area contributed by atoms with Gasteiger partial charge in [-0.2, -0.15) is 0 Å². The van der Waals surface area contributed by atoms with E-state index < -0.39 is 0 Å². The quantitative estimate of drug-likeness (QED) is 0.808. The van der Waals surface area contributed by atoms with Gasteiger partial charge in [0.1, 0.15) is 11.6 Å². The highest BCUT2D eigenvalue weighted by atomic mass is 15.3. The number of hydrogen-bond acceptors (Lipinski definition) is 5. The molecule has 2 aliphatic rings. The van der Waals surface area contributed by atoms with Crippen LogP contribution in [0.5, 0.6) is 0 Å². The van der Waals surface area contributed by atoms with Gasteiger partial charge in [-0.1, -0.05) is 0 Å². The van der Waals surface area contributed by atoms with Gasteiger partial charge in [-0.05, 0) is 50.9 Å². The van der Waals surface area contributed by atoms with Crippen molar-refractivity contribution in [1.29, 1.82) is 0 Å². The molecule has 134 valence electrons. The van der Waals surface area contributed by atoms with Crippen molar-refractivity contribution in [1.82, 2.24) is 29.5 Å². The van der Waals surface area contributed by atoms with E-state index in [0.29, 0.717) is 18.0 Å². The minimum atomic E-state index is 0.442. The topological polar surface area (TPSA) is 50.1 Å². The highest BCUT2D eigenvalue weighted by molar-refractivity contribution is 5.15. The van der Waals surface area contributed by atoms with E-state index in [-0.39, 0.29) is 0 Å². The van der Waals surface area contributed by atoms with Gasteiger partial charge in [0.25, 0.3) is 0 Å². The fourth-order valence-corrected chi connectivity index (χ4v) is 3.89. The van der Waals surface area contributed by atoms with E-state index in [1.165, 1.54) is 30.7 Å². The van der Waals surface area contributed by atoms with Crippen LogP contribution in [0.2, 0.25) is 0 Å². The lowest BCUT2D eigenvalue weighted by atomic mass is 10.1. The molecule has 1 aliphatic heterocycles. The molecule has 0 amide bonds. The summed E-state index contributed by atoms with van der Waals surface area (Å²) in [7, 11) is 4.33. The van der Waals surface area contributed by atoms with Crippen LogP contribution in [0.25, 0.3) is 0 Å². The molecule has 2 unspecified atom stereocenters. The Labute approximate surface area is 149 Å². The van der Waals surface area contributed by atoms with E-state index in [2.05, 4.69) is 62.7 Å². The van der Waals surface area contributed by atoms with Gasteiger partial charge in [0.15, 0.2) is 0 Å². The summed E-state index contributed by atoms with van der Waals surface area (Å²) in [6, 6.07) is 5.27. The highest BCUT2D eigenvalue weighted by Crippen LogP contribution is 2.38. The Morgan fingerprint density at radius 2 is 1.96 bits per heavy atom. The molecule has 1 saturated heterocycles. The lowest BCUT2D eigenvalue weighted by Crippen LogP contribution is -2.35. The minimum absolute atomic E-state index is 0.442. The van der Waals surface area contributed by atoms with Crippen LogP contribution in [0.4, 0.5) is 0 Å². The second-order valence-electron chi connectivity index (χ2n) is 7.62. The van der Waals surface area contributed by atoms with E-state index in [0.717, 1.165) is 25.5 Å². The Balaban J connectivity index is 1.36. The standard InChI is InChI=1S/C19H28N6/c1-14(15-6-9-20-10-7-15)25-11-8-17(12-25)23(2)13-18-21-22-19(24(18)3)16-4-5-16/h6-7,9-10,14,16-17H,4-5,8,11-13H2,1-3H3. The van der Waals surface area contributed by atoms with Crippen molar-refractivity contribution in [2.24, 2.45) is 7.05 Å². The van der Waals surface area contributed by atoms with Crippen LogP contribution in [-0.4, -0.2) is 55.7 Å². The van der Waals surface area contributed by atoms with Crippen molar-refractivity contribution >= 4 is 0 Å². The van der Waals surface area contributed by atoms with Gasteiger partial charge in [0, 0.05) is 50.5 Å². The molecule has 3 heterocycles. The summed E-state index contributed by atoms with van der Waals surface area (Å²) in [4.78, 5) is 9.15. The van der Waals surface area contributed by atoms with E-state index in [1.807, 2.05) is 12.4 Å². The number of hydrogen-bond donors (Lipinski definition) is 0. The Bertz CT molecular complexity index is 708. The molecule has 2 aromatic rings. The number of likely N-dealkylation sites (N-methyl/N-ethyl adjacent to an activating group) is 1. The lowest BCUT2D eigenvalue weighted by molar-refractivity contribution is 0.199. The van der Waals surface area contributed by atoms with Crippen LogP contribution in [0.3, 0.4) is 0 Å². The lowest BCUT2D eigenvalue weighted by Gasteiger charge is -2.27. The largest absolute Gasteiger partial charge is 0.317 e. The van der Waals surface area contributed by atoms with Crippen molar-refractivity contribution in [3.63, 3.8) is 0 Å². The van der Waals surface area contributed by atoms with Crippen molar-refractivity contribution in [2.75, 3.05) is 20.1 Å². The molecule has 2 aromatic heterocycles. The van der Waals surface area contributed by atoms with E-state index in [9.17, 15) is 0 Å². The summed E-state index contributed by atoms with van der Waals surface area (Å²) >= 11 is 0. The maximum Gasteiger partial charge on any atom is 0.146 e. The summed E-state index contributed by atoms with van der Waals surface area (Å²) in [5, 5.41) is 8.85. The maximum absolute atomic E-state index is 4.44. The zero-order valence-corrected chi connectivity index (χ0v) is 15.5. The molecule has 0 aromatic carbocycles. The van der Waals surface area contributed by atoms with E-state index >= 15 is 0 Å². The molecule has 2 fully saturated rings. The highest BCUT2D eigenvalue weighted by Gasteiger charge is 2.32. The molecular formula is C19H28N6. The number of aromatic nitrogens is 4. The minimum Gasteiger partial charge on any atom is -0.317 e. The van der Waals surface area contributed by atoms with Gasteiger partial charge < -0.3 is 4.57 Å². The second kappa shape index (κ2) is 6.84.